The van der Waals surface area contributed by atoms with Crippen LogP contribution in [0.15, 0.2) is 41.3 Å². The first-order valence-corrected chi connectivity index (χ1v) is 8.47. The molecule has 4 nitrogen and oxygen atoms in total. The molecule has 0 atom stereocenters. The van der Waals surface area contributed by atoms with E-state index in [2.05, 4.69) is 10.0 Å². The third-order valence-corrected chi connectivity index (χ3v) is 5.31. The standard InChI is InChI=1S/C15H15ClN2O2S/c1-10-2-5-15(13(16)8-10)21(19,20)18-12-3-4-14-11(9-12)6-7-17-14/h2-5,8-9,17-18H,6-7H2,1H3. The SMILES string of the molecule is Cc1ccc(S(=O)(=O)Nc2ccc3c(c2)CCN3)c(Cl)c1. The van der Waals surface area contributed by atoms with E-state index in [0.717, 1.165) is 29.8 Å². The van der Waals surface area contributed by atoms with Crippen molar-refractivity contribution >= 4 is 33.0 Å². The van der Waals surface area contributed by atoms with Gasteiger partial charge in [-0.05, 0) is 54.8 Å². The summed E-state index contributed by atoms with van der Waals surface area (Å²) < 4.78 is 27.4. The van der Waals surface area contributed by atoms with Gasteiger partial charge in [-0.25, -0.2) is 8.42 Å². The summed E-state index contributed by atoms with van der Waals surface area (Å²) in [7, 11) is -3.68. The van der Waals surface area contributed by atoms with Gasteiger partial charge in [-0.15, -0.1) is 0 Å². The third kappa shape index (κ3) is 2.84. The van der Waals surface area contributed by atoms with Gasteiger partial charge in [-0.1, -0.05) is 17.7 Å². The smallest absolute Gasteiger partial charge is 0.263 e. The zero-order valence-corrected chi connectivity index (χ0v) is 13.1. The number of benzene rings is 2. The molecule has 6 heteroatoms. The first kappa shape index (κ1) is 14.2. The molecule has 1 aliphatic rings. The third-order valence-electron chi connectivity index (χ3n) is 3.44. The van der Waals surface area contributed by atoms with Crippen molar-refractivity contribution in [2.75, 3.05) is 16.6 Å². The molecule has 21 heavy (non-hydrogen) atoms. The van der Waals surface area contributed by atoms with E-state index in [1.54, 1.807) is 18.2 Å². The summed E-state index contributed by atoms with van der Waals surface area (Å²) in [5.41, 5.74) is 3.65. The largest absolute Gasteiger partial charge is 0.384 e. The summed E-state index contributed by atoms with van der Waals surface area (Å²) in [6.45, 7) is 2.75. The summed E-state index contributed by atoms with van der Waals surface area (Å²) in [4.78, 5) is 0.0911. The van der Waals surface area contributed by atoms with Crippen molar-refractivity contribution in [3.8, 4) is 0 Å². The quantitative estimate of drug-likeness (QED) is 0.910. The van der Waals surface area contributed by atoms with Gasteiger partial charge >= 0.3 is 0 Å². The number of fused-ring (bicyclic) bond motifs is 1. The van der Waals surface area contributed by atoms with Gasteiger partial charge in [0.25, 0.3) is 10.0 Å². The first-order chi connectivity index (χ1) is 9.95. The van der Waals surface area contributed by atoms with Gasteiger partial charge in [-0.3, -0.25) is 4.72 Å². The molecule has 1 heterocycles. The Balaban J connectivity index is 1.92. The lowest BCUT2D eigenvalue weighted by atomic mass is 10.1. The van der Waals surface area contributed by atoms with Crippen LogP contribution in [-0.4, -0.2) is 15.0 Å². The maximum atomic E-state index is 12.4. The van der Waals surface area contributed by atoms with Crippen molar-refractivity contribution in [1.82, 2.24) is 0 Å². The molecule has 0 bridgehead atoms. The average molecular weight is 323 g/mol. The highest BCUT2D eigenvalue weighted by atomic mass is 35.5. The Bertz CT molecular complexity index is 803. The average Bonchev–Trinajstić information content (AvgIpc) is 2.85. The molecule has 110 valence electrons. The van der Waals surface area contributed by atoms with Crippen molar-refractivity contribution < 1.29 is 8.42 Å². The van der Waals surface area contributed by atoms with Gasteiger partial charge in [-0.2, -0.15) is 0 Å². The number of rotatable bonds is 3. The molecule has 2 aromatic rings. The molecule has 1 aliphatic heterocycles. The highest BCUT2D eigenvalue weighted by Crippen LogP contribution is 2.28. The fraction of sp³-hybridized carbons (Fsp3) is 0.200. The lowest BCUT2D eigenvalue weighted by Crippen LogP contribution is -2.13. The van der Waals surface area contributed by atoms with Crippen LogP contribution in [0.2, 0.25) is 5.02 Å². The molecule has 0 unspecified atom stereocenters. The second-order valence-electron chi connectivity index (χ2n) is 5.09. The highest BCUT2D eigenvalue weighted by Gasteiger charge is 2.19. The van der Waals surface area contributed by atoms with Crippen LogP contribution in [-0.2, 0) is 16.4 Å². The predicted octanol–water partition coefficient (Wildman–Crippen LogP) is 3.42. The molecule has 0 spiro atoms. The van der Waals surface area contributed by atoms with E-state index >= 15 is 0 Å². The molecule has 0 radical (unpaired) electrons. The minimum Gasteiger partial charge on any atom is -0.384 e. The van der Waals surface area contributed by atoms with Gasteiger partial charge in [0.1, 0.15) is 4.90 Å². The lowest BCUT2D eigenvalue weighted by Gasteiger charge is -2.11. The molecule has 0 fully saturated rings. The summed E-state index contributed by atoms with van der Waals surface area (Å²) in [5, 5.41) is 3.47. The maximum absolute atomic E-state index is 12.4. The van der Waals surface area contributed by atoms with Crippen LogP contribution in [0.1, 0.15) is 11.1 Å². The zero-order valence-electron chi connectivity index (χ0n) is 11.5. The van der Waals surface area contributed by atoms with E-state index in [1.807, 2.05) is 19.1 Å². The van der Waals surface area contributed by atoms with Crippen molar-refractivity contribution in [2.24, 2.45) is 0 Å². The Morgan fingerprint density at radius 1 is 1.19 bits per heavy atom. The minimum atomic E-state index is -3.68. The van der Waals surface area contributed by atoms with Crippen molar-refractivity contribution in [3.63, 3.8) is 0 Å². The van der Waals surface area contributed by atoms with Crippen LogP contribution in [0.4, 0.5) is 11.4 Å². The number of sulfonamides is 1. The van der Waals surface area contributed by atoms with E-state index in [9.17, 15) is 8.42 Å². The van der Waals surface area contributed by atoms with E-state index in [0.29, 0.717) is 5.69 Å². The maximum Gasteiger partial charge on any atom is 0.263 e. The van der Waals surface area contributed by atoms with Crippen molar-refractivity contribution in [1.29, 1.82) is 0 Å². The summed E-state index contributed by atoms with van der Waals surface area (Å²) >= 11 is 6.04. The van der Waals surface area contributed by atoms with Crippen LogP contribution in [0.5, 0.6) is 0 Å². The summed E-state index contributed by atoms with van der Waals surface area (Å²) in [6, 6.07) is 10.4. The Labute approximate surface area is 129 Å². The molecule has 0 saturated heterocycles. The van der Waals surface area contributed by atoms with Gasteiger partial charge in [0.05, 0.1) is 5.02 Å². The molecular formula is C15H15ClN2O2S. The molecule has 0 aromatic heterocycles. The topological polar surface area (TPSA) is 58.2 Å². The molecular weight excluding hydrogens is 308 g/mol. The van der Waals surface area contributed by atoms with Gasteiger partial charge in [0.15, 0.2) is 0 Å². The number of nitrogens with one attached hydrogen (secondary N) is 2. The molecule has 2 aromatic carbocycles. The number of hydrogen-bond acceptors (Lipinski definition) is 3. The monoisotopic (exact) mass is 322 g/mol. The van der Waals surface area contributed by atoms with E-state index in [1.165, 1.54) is 6.07 Å². The Hall–Kier alpha value is -1.72. The molecule has 0 saturated carbocycles. The van der Waals surface area contributed by atoms with Crippen LogP contribution in [0.3, 0.4) is 0 Å². The summed E-state index contributed by atoms with van der Waals surface area (Å²) in [6.07, 6.45) is 0.899. The van der Waals surface area contributed by atoms with Crippen LogP contribution in [0, 0.1) is 6.92 Å². The van der Waals surface area contributed by atoms with Crippen molar-refractivity contribution in [3.05, 3.63) is 52.5 Å². The summed E-state index contributed by atoms with van der Waals surface area (Å²) in [5.74, 6) is 0. The van der Waals surface area contributed by atoms with Crippen LogP contribution < -0.4 is 10.0 Å². The molecule has 2 N–H and O–H groups in total. The molecule has 0 aliphatic carbocycles. The van der Waals surface area contributed by atoms with Gasteiger partial charge in [0.2, 0.25) is 0 Å². The predicted molar refractivity (Wildman–Crippen MR) is 85.6 cm³/mol. The van der Waals surface area contributed by atoms with Crippen LogP contribution in [0.25, 0.3) is 0 Å². The van der Waals surface area contributed by atoms with Crippen LogP contribution >= 0.6 is 11.6 Å². The molecule has 3 rings (SSSR count). The number of hydrogen-bond donors (Lipinski definition) is 2. The fourth-order valence-electron chi connectivity index (χ4n) is 2.40. The second kappa shape index (κ2) is 5.24. The second-order valence-corrected chi connectivity index (χ2v) is 7.15. The zero-order chi connectivity index (χ0) is 15.0. The normalized spacial score (nSPS) is 13.6. The van der Waals surface area contributed by atoms with Gasteiger partial charge < -0.3 is 5.32 Å². The van der Waals surface area contributed by atoms with Gasteiger partial charge in [0, 0.05) is 17.9 Å². The minimum absolute atomic E-state index is 0.0911. The molecule has 0 amide bonds. The number of anilines is 2. The highest BCUT2D eigenvalue weighted by molar-refractivity contribution is 7.92. The lowest BCUT2D eigenvalue weighted by molar-refractivity contribution is 0.601. The number of aryl methyl sites for hydroxylation is 1. The van der Waals surface area contributed by atoms with E-state index in [4.69, 9.17) is 11.6 Å². The number of halogens is 1. The fourth-order valence-corrected chi connectivity index (χ4v) is 4.05. The Kier molecular flexibility index (Phi) is 3.55. The Morgan fingerprint density at radius 2 is 2.00 bits per heavy atom. The van der Waals surface area contributed by atoms with E-state index < -0.39 is 10.0 Å². The first-order valence-electron chi connectivity index (χ1n) is 6.61. The Morgan fingerprint density at radius 3 is 2.76 bits per heavy atom. The van der Waals surface area contributed by atoms with E-state index in [-0.39, 0.29) is 9.92 Å². The van der Waals surface area contributed by atoms with Crippen molar-refractivity contribution in [2.45, 2.75) is 18.2 Å².